The second-order valence-electron chi connectivity index (χ2n) is 5.22. The smallest absolute Gasteiger partial charge is 0.239 e. The van der Waals surface area contributed by atoms with Crippen LogP contribution < -0.4 is 20.5 Å². The predicted octanol–water partition coefficient (Wildman–Crippen LogP) is 1.51. The average Bonchev–Trinajstić information content (AvgIpc) is 2.56. The molecule has 1 aromatic heterocycles. The summed E-state index contributed by atoms with van der Waals surface area (Å²) in [6, 6.07) is 6.46. The number of nitrogens with one attached hydrogen (secondary N) is 1. The third kappa shape index (κ3) is 3.13. The van der Waals surface area contributed by atoms with E-state index in [-0.39, 0.29) is 11.6 Å². The van der Waals surface area contributed by atoms with E-state index in [0.29, 0.717) is 24.7 Å². The maximum Gasteiger partial charge on any atom is 0.239 e. The van der Waals surface area contributed by atoms with Gasteiger partial charge in [0.25, 0.3) is 0 Å². The molecule has 1 aromatic carbocycles. The van der Waals surface area contributed by atoms with E-state index in [1.54, 1.807) is 19.2 Å². The van der Waals surface area contributed by atoms with Gasteiger partial charge in [0.05, 0.1) is 0 Å². The van der Waals surface area contributed by atoms with Crippen LogP contribution in [-0.2, 0) is 4.79 Å². The largest absolute Gasteiger partial charge is 0.504 e. The third-order valence-corrected chi connectivity index (χ3v) is 3.52. The number of carbonyl (C=O) groups excluding carboxylic acids is 1. The number of carbonyl (C=O) groups is 1. The van der Waals surface area contributed by atoms with Crippen LogP contribution in [0, 0.1) is 0 Å². The van der Waals surface area contributed by atoms with E-state index in [1.165, 1.54) is 0 Å². The molecule has 0 radical (unpaired) electrons. The lowest BCUT2D eigenvalue weighted by Crippen LogP contribution is -2.32. The summed E-state index contributed by atoms with van der Waals surface area (Å²) in [5.74, 6) is 0.980. The predicted molar refractivity (Wildman–Crippen MR) is 84.6 cm³/mol. The number of rotatable bonds is 4. The maximum absolute atomic E-state index is 11.1. The van der Waals surface area contributed by atoms with Crippen molar-refractivity contribution in [3.05, 3.63) is 30.5 Å². The Bertz CT molecular complexity index is 748. The molecular formula is C16H17N3O4. The Morgan fingerprint density at radius 1 is 1.26 bits per heavy atom. The summed E-state index contributed by atoms with van der Waals surface area (Å²) in [6.45, 7) is 2.64. The molecule has 0 aliphatic carbocycles. The number of aromatic hydroxyl groups is 1. The van der Waals surface area contributed by atoms with Crippen LogP contribution in [0.5, 0.6) is 17.2 Å². The zero-order valence-electron chi connectivity index (χ0n) is 12.6. The highest BCUT2D eigenvalue weighted by atomic mass is 16.6. The van der Waals surface area contributed by atoms with Crippen molar-refractivity contribution in [2.75, 3.05) is 18.5 Å². The van der Waals surface area contributed by atoms with Crippen LogP contribution in [0.4, 0.5) is 5.82 Å². The second kappa shape index (κ2) is 6.04. The average molecular weight is 315 g/mol. The molecule has 1 aliphatic heterocycles. The van der Waals surface area contributed by atoms with Gasteiger partial charge in [0, 0.05) is 11.8 Å². The highest BCUT2D eigenvalue weighted by molar-refractivity contribution is 5.82. The van der Waals surface area contributed by atoms with E-state index in [9.17, 15) is 9.90 Å². The molecule has 1 unspecified atom stereocenters. The van der Waals surface area contributed by atoms with Gasteiger partial charge in [-0.25, -0.2) is 4.98 Å². The van der Waals surface area contributed by atoms with Gasteiger partial charge in [-0.15, -0.1) is 0 Å². The summed E-state index contributed by atoms with van der Waals surface area (Å²) < 4.78 is 11.0. The van der Waals surface area contributed by atoms with E-state index in [0.717, 1.165) is 11.1 Å². The number of hydrogen-bond acceptors (Lipinski definition) is 6. The summed E-state index contributed by atoms with van der Waals surface area (Å²) in [4.78, 5) is 15.2. The van der Waals surface area contributed by atoms with Crippen molar-refractivity contribution in [2.24, 2.45) is 5.73 Å². The number of aromatic nitrogens is 1. The Kier molecular flexibility index (Phi) is 3.92. The van der Waals surface area contributed by atoms with E-state index in [2.05, 4.69) is 10.3 Å². The normalized spacial score (nSPS) is 14.1. The molecule has 1 atom stereocenters. The van der Waals surface area contributed by atoms with Crippen molar-refractivity contribution < 1.29 is 19.4 Å². The van der Waals surface area contributed by atoms with Gasteiger partial charge < -0.3 is 25.6 Å². The van der Waals surface area contributed by atoms with Gasteiger partial charge in [0.2, 0.25) is 5.91 Å². The number of primary amides is 1. The zero-order chi connectivity index (χ0) is 16.4. The minimum atomic E-state index is -0.631. The number of fused-ring (bicyclic) bond motifs is 1. The van der Waals surface area contributed by atoms with Crippen molar-refractivity contribution in [3.63, 3.8) is 0 Å². The van der Waals surface area contributed by atoms with Gasteiger partial charge in [-0.1, -0.05) is 6.07 Å². The quantitative estimate of drug-likeness (QED) is 0.789. The fourth-order valence-electron chi connectivity index (χ4n) is 2.22. The van der Waals surface area contributed by atoms with Crippen LogP contribution in [0.2, 0.25) is 0 Å². The Labute approximate surface area is 133 Å². The number of nitrogens with two attached hydrogens (primary N) is 1. The standard InChI is InChI=1S/C16H17N3O4/c1-9(15(17)21)19-16-12(20)6-11(8-18-16)10-2-3-13-14(7-10)23-5-4-22-13/h2-3,6-9,20H,4-5H2,1H3,(H2,17,21)(H,18,19). The van der Waals surface area contributed by atoms with Crippen molar-refractivity contribution in [1.82, 2.24) is 4.98 Å². The molecule has 7 nitrogen and oxygen atoms in total. The minimum Gasteiger partial charge on any atom is -0.504 e. The molecule has 0 saturated heterocycles. The molecule has 2 heterocycles. The van der Waals surface area contributed by atoms with Crippen molar-refractivity contribution in [3.8, 4) is 28.4 Å². The summed E-state index contributed by atoms with van der Waals surface area (Å²) >= 11 is 0. The van der Waals surface area contributed by atoms with Gasteiger partial charge in [-0.05, 0) is 30.7 Å². The molecular weight excluding hydrogens is 298 g/mol. The van der Waals surface area contributed by atoms with Crippen molar-refractivity contribution in [2.45, 2.75) is 13.0 Å². The van der Waals surface area contributed by atoms with Crippen LogP contribution in [0.3, 0.4) is 0 Å². The summed E-state index contributed by atoms with van der Waals surface area (Å²) in [7, 11) is 0. The first-order valence-corrected chi connectivity index (χ1v) is 7.19. The van der Waals surface area contributed by atoms with Crippen LogP contribution >= 0.6 is 0 Å². The summed E-state index contributed by atoms with van der Waals surface area (Å²) in [6.07, 6.45) is 1.60. The van der Waals surface area contributed by atoms with E-state index in [4.69, 9.17) is 15.2 Å². The number of hydrogen-bond donors (Lipinski definition) is 3. The number of ether oxygens (including phenoxy) is 2. The summed E-state index contributed by atoms with van der Waals surface area (Å²) in [5.41, 5.74) is 6.74. The first kappa shape index (κ1) is 15.0. The number of nitrogens with zero attached hydrogens (tertiary/aromatic N) is 1. The van der Waals surface area contributed by atoms with Gasteiger partial charge in [0.15, 0.2) is 23.1 Å². The monoisotopic (exact) mass is 315 g/mol. The maximum atomic E-state index is 11.1. The van der Waals surface area contributed by atoms with Crippen molar-refractivity contribution >= 4 is 11.7 Å². The molecule has 0 spiro atoms. The highest BCUT2D eigenvalue weighted by Crippen LogP contribution is 2.36. The molecule has 120 valence electrons. The van der Waals surface area contributed by atoms with Gasteiger partial charge in [-0.2, -0.15) is 0 Å². The molecule has 2 aromatic rings. The molecule has 0 bridgehead atoms. The zero-order valence-corrected chi connectivity index (χ0v) is 12.6. The topological polar surface area (TPSA) is 107 Å². The Morgan fingerprint density at radius 3 is 2.70 bits per heavy atom. The molecule has 0 fully saturated rings. The van der Waals surface area contributed by atoms with Gasteiger partial charge >= 0.3 is 0 Å². The second-order valence-corrected chi connectivity index (χ2v) is 5.22. The molecule has 1 amide bonds. The Hall–Kier alpha value is -2.96. The first-order valence-electron chi connectivity index (χ1n) is 7.19. The minimum absolute atomic E-state index is 0.0644. The molecule has 4 N–H and O–H groups in total. The lowest BCUT2D eigenvalue weighted by Gasteiger charge is -2.19. The van der Waals surface area contributed by atoms with E-state index >= 15 is 0 Å². The van der Waals surface area contributed by atoms with Crippen LogP contribution in [0.1, 0.15) is 6.92 Å². The molecule has 23 heavy (non-hydrogen) atoms. The number of amides is 1. The lowest BCUT2D eigenvalue weighted by atomic mass is 10.1. The van der Waals surface area contributed by atoms with Crippen LogP contribution in [0.15, 0.2) is 30.5 Å². The number of anilines is 1. The summed E-state index contributed by atoms with van der Waals surface area (Å²) in [5, 5.41) is 12.8. The lowest BCUT2D eigenvalue weighted by molar-refractivity contribution is -0.118. The van der Waals surface area contributed by atoms with Crippen LogP contribution in [-0.4, -0.2) is 35.3 Å². The molecule has 0 saturated carbocycles. The highest BCUT2D eigenvalue weighted by Gasteiger charge is 2.15. The number of pyridine rings is 1. The fraction of sp³-hybridized carbons (Fsp3) is 0.250. The van der Waals surface area contributed by atoms with Crippen molar-refractivity contribution in [1.29, 1.82) is 0 Å². The SMILES string of the molecule is CC(Nc1ncc(-c2ccc3c(c2)OCCO3)cc1O)C(N)=O. The van der Waals surface area contributed by atoms with Gasteiger partial charge in [0.1, 0.15) is 19.3 Å². The number of benzene rings is 1. The van der Waals surface area contributed by atoms with Crippen LogP contribution in [0.25, 0.3) is 11.1 Å². The molecule has 3 rings (SSSR count). The van der Waals surface area contributed by atoms with Gasteiger partial charge in [-0.3, -0.25) is 4.79 Å². The first-order chi connectivity index (χ1) is 11.0. The third-order valence-electron chi connectivity index (χ3n) is 3.52. The fourth-order valence-corrected chi connectivity index (χ4v) is 2.22. The van der Waals surface area contributed by atoms with E-state index in [1.807, 2.05) is 18.2 Å². The molecule has 1 aliphatic rings. The van der Waals surface area contributed by atoms with E-state index < -0.39 is 11.9 Å². The Balaban J connectivity index is 1.86. The molecule has 7 heteroatoms. The Morgan fingerprint density at radius 2 is 2.00 bits per heavy atom.